The maximum absolute atomic E-state index is 13.3. The predicted molar refractivity (Wildman–Crippen MR) is 104 cm³/mol. The standard InChI is InChI=1S/C21H31N3O3/c1-14(22)15-10-12-24(13-11-15)21(26)18-8-9-19(25)23(2)20(18)16-4-6-17(27-3)7-5-16/h4-7,14-15,18,20H,8-13,22H2,1-3H3. The summed E-state index contributed by atoms with van der Waals surface area (Å²) >= 11 is 0. The second-order valence-electron chi connectivity index (χ2n) is 7.89. The highest BCUT2D eigenvalue weighted by Crippen LogP contribution is 2.38. The third-order valence-electron chi connectivity index (χ3n) is 6.23. The van der Waals surface area contributed by atoms with Gasteiger partial charge < -0.3 is 20.3 Å². The van der Waals surface area contributed by atoms with Crippen molar-refractivity contribution in [2.75, 3.05) is 27.2 Å². The van der Waals surface area contributed by atoms with Crippen molar-refractivity contribution in [1.82, 2.24) is 9.80 Å². The Kier molecular flexibility index (Phi) is 6.05. The van der Waals surface area contributed by atoms with Crippen LogP contribution in [0.25, 0.3) is 0 Å². The lowest BCUT2D eigenvalue weighted by Gasteiger charge is -2.42. The Labute approximate surface area is 161 Å². The van der Waals surface area contributed by atoms with Crippen molar-refractivity contribution < 1.29 is 14.3 Å². The van der Waals surface area contributed by atoms with Gasteiger partial charge in [-0.2, -0.15) is 0 Å². The van der Waals surface area contributed by atoms with Crippen LogP contribution in [0.3, 0.4) is 0 Å². The van der Waals surface area contributed by atoms with Crippen LogP contribution in [0.2, 0.25) is 0 Å². The molecular formula is C21H31N3O3. The maximum Gasteiger partial charge on any atom is 0.228 e. The van der Waals surface area contributed by atoms with Crippen LogP contribution in [0.15, 0.2) is 24.3 Å². The summed E-state index contributed by atoms with van der Waals surface area (Å²) in [6, 6.07) is 7.64. The molecule has 0 spiro atoms. The van der Waals surface area contributed by atoms with E-state index in [-0.39, 0.29) is 29.8 Å². The van der Waals surface area contributed by atoms with E-state index in [1.54, 1.807) is 19.1 Å². The first-order chi connectivity index (χ1) is 12.9. The summed E-state index contributed by atoms with van der Waals surface area (Å²) in [4.78, 5) is 29.4. The van der Waals surface area contributed by atoms with Crippen LogP contribution in [0, 0.1) is 11.8 Å². The van der Waals surface area contributed by atoms with Crippen LogP contribution < -0.4 is 10.5 Å². The molecule has 2 amide bonds. The van der Waals surface area contributed by atoms with E-state index in [1.807, 2.05) is 36.1 Å². The van der Waals surface area contributed by atoms with Gasteiger partial charge in [0.2, 0.25) is 11.8 Å². The lowest BCUT2D eigenvalue weighted by Crippen LogP contribution is -2.50. The zero-order chi connectivity index (χ0) is 19.6. The molecule has 2 aliphatic rings. The summed E-state index contributed by atoms with van der Waals surface area (Å²) in [6.07, 6.45) is 2.94. The van der Waals surface area contributed by atoms with Crippen molar-refractivity contribution in [3.05, 3.63) is 29.8 Å². The number of nitrogens with zero attached hydrogens (tertiary/aromatic N) is 2. The molecule has 2 saturated heterocycles. The largest absolute Gasteiger partial charge is 0.497 e. The number of carbonyl (C=O) groups is 2. The van der Waals surface area contributed by atoms with E-state index in [0.29, 0.717) is 18.8 Å². The Hall–Kier alpha value is -2.08. The number of rotatable bonds is 4. The molecule has 3 rings (SSSR count). The van der Waals surface area contributed by atoms with Gasteiger partial charge in [-0.15, -0.1) is 0 Å². The molecule has 1 aromatic rings. The minimum Gasteiger partial charge on any atom is -0.497 e. The van der Waals surface area contributed by atoms with Crippen LogP contribution in [0.5, 0.6) is 5.75 Å². The minimum atomic E-state index is -0.226. The highest BCUT2D eigenvalue weighted by atomic mass is 16.5. The molecule has 0 saturated carbocycles. The van der Waals surface area contributed by atoms with E-state index in [9.17, 15) is 9.59 Å². The molecule has 3 unspecified atom stereocenters. The fourth-order valence-corrected chi connectivity index (χ4v) is 4.43. The number of hydrogen-bond donors (Lipinski definition) is 1. The third-order valence-corrected chi connectivity index (χ3v) is 6.23. The minimum absolute atomic E-state index is 0.0931. The predicted octanol–water partition coefficient (Wildman–Crippen LogP) is 2.19. The monoisotopic (exact) mass is 373 g/mol. The normalized spacial score (nSPS) is 25.4. The number of benzene rings is 1. The molecule has 6 nitrogen and oxygen atoms in total. The molecule has 0 aromatic heterocycles. The van der Waals surface area contributed by atoms with Crippen LogP contribution in [0.4, 0.5) is 0 Å². The number of piperidine rings is 2. The van der Waals surface area contributed by atoms with Gasteiger partial charge in [0.15, 0.2) is 0 Å². The summed E-state index contributed by atoms with van der Waals surface area (Å²) < 4.78 is 5.24. The highest BCUT2D eigenvalue weighted by molar-refractivity contribution is 5.85. The van der Waals surface area contributed by atoms with E-state index < -0.39 is 0 Å². The average Bonchev–Trinajstić information content (AvgIpc) is 2.69. The number of amides is 2. The summed E-state index contributed by atoms with van der Waals surface area (Å²) in [5.74, 6) is 1.31. The zero-order valence-corrected chi connectivity index (χ0v) is 16.6. The molecule has 0 aliphatic carbocycles. The number of methoxy groups -OCH3 is 1. The van der Waals surface area contributed by atoms with Crippen LogP contribution in [0.1, 0.15) is 44.2 Å². The first-order valence-electron chi connectivity index (χ1n) is 9.86. The van der Waals surface area contributed by atoms with Gasteiger partial charge in [0.25, 0.3) is 0 Å². The SMILES string of the molecule is COc1ccc(C2C(C(=O)N3CCC(C(C)N)CC3)CCC(=O)N2C)cc1. The highest BCUT2D eigenvalue weighted by Gasteiger charge is 2.41. The Balaban J connectivity index is 1.78. The van der Waals surface area contributed by atoms with Crippen molar-refractivity contribution >= 4 is 11.8 Å². The van der Waals surface area contributed by atoms with Crippen LogP contribution >= 0.6 is 0 Å². The molecule has 0 bridgehead atoms. The second-order valence-corrected chi connectivity index (χ2v) is 7.89. The summed E-state index contributed by atoms with van der Waals surface area (Å²) in [6.45, 7) is 3.56. The topological polar surface area (TPSA) is 75.9 Å². The Morgan fingerprint density at radius 3 is 2.37 bits per heavy atom. The number of ether oxygens (including phenoxy) is 1. The first kappa shape index (κ1) is 19.7. The molecule has 2 aliphatic heterocycles. The summed E-state index contributed by atoms with van der Waals surface area (Å²) in [5.41, 5.74) is 7.01. The van der Waals surface area contributed by atoms with Gasteiger partial charge in [-0.1, -0.05) is 12.1 Å². The number of likely N-dealkylation sites (tertiary alicyclic amines) is 2. The molecule has 6 heteroatoms. The lowest BCUT2D eigenvalue weighted by molar-refractivity contribution is -0.147. The van der Waals surface area contributed by atoms with Crippen molar-refractivity contribution in [1.29, 1.82) is 0 Å². The van der Waals surface area contributed by atoms with Crippen molar-refractivity contribution in [3.63, 3.8) is 0 Å². The average molecular weight is 373 g/mol. The van der Waals surface area contributed by atoms with E-state index in [2.05, 4.69) is 0 Å². The van der Waals surface area contributed by atoms with Gasteiger partial charge in [0, 0.05) is 32.6 Å². The van der Waals surface area contributed by atoms with Gasteiger partial charge in [0.05, 0.1) is 19.1 Å². The third kappa shape index (κ3) is 4.10. The molecule has 27 heavy (non-hydrogen) atoms. The van der Waals surface area contributed by atoms with Gasteiger partial charge in [-0.05, 0) is 49.8 Å². The van der Waals surface area contributed by atoms with E-state index >= 15 is 0 Å². The molecule has 2 N–H and O–H groups in total. The van der Waals surface area contributed by atoms with Crippen molar-refractivity contribution in [2.45, 2.75) is 44.7 Å². The van der Waals surface area contributed by atoms with E-state index in [4.69, 9.17) is 10.5 Å². The zero-order valence-electron chi connectivity index (χ0n) is 16.6. The number of nitrogens with two attached hydrogens (primary N) is 1. The van der Waals surface area contributed by atoms with Gasteiger partial charge in [-0.3, -0.25) is 9.59 Å². The molecule has 2 heterocycles. The van der Waals surface area contributed by atoms with Crippen LogP contribution in [-0.2, 0) is 9.59 Å². The summed E-state index contributed by atoms with van der Waals surface area (Å²) in [7, 11) is 3.43. The quantitative estimate of drug-likeness (QED) is 0.878. The Morgan fingerprint density at radius 2 is 1.81 bits per heavy atom. The van der Waals surface area contributed by atoms with E-state index in [1.165, 1.54) is 0 Å². The first-order valence-corrected chi connectivity index (χ1v) is 9.86. The summed E-state index contributed by atoms with van der Waals surface area (Å²) in [5, 5.41) is 0. The molecule has 1 aromatic carbocycles. The smallest absolute Gasteiger partial charge is 0.228 e. The molecule has 2 fully saturated rings. The number of hydrogen-bond acceptors (Lipinski definition) is 4. The van der Waals surface area contributed by atoms with Crippen LogP contribution in [-0.4, -0.2) is 54.9 Å². The number of carbonyl (C=O) groups excluding carboxylic acids is 2. The molecular weight excluding hydrogens is 342 g/mol. The Bertz CT molecular complexity index is 666. The van der Waals surface area contributed by atoms with Gasteiger partial charge in [0.1, 0.15) is 5.75 Å². The maximum atomic E-state index is 13.3. The fourth-order valence-electron chi connectivity index (χ4n) is 4.43. The van der Waals surface area contributed by atoms with Crippen molar-refractivity contribution in [3.8, 4) is 5.75 Å². The van der Waals surface area contributed by atoms with Gasteiger partial charge >= 0.3 is 0 Å². The fraction of sp³-hybridized carbons (Fsp3) is 0.619. The van der Waals surface area contributed by atoms with E-state index in [0.717, 1.165) is 37.2 Å². The molecule has 0 radical (unpaired) electrons. The Morgan fingerprint density at radius 1 is 1.19 bits per heavy atom. The van der Waals surface area contributed by atoms with Gasteiger partial charge in [-0.25, -0.2) is 0 Å². The molecule has 3 atom stereocenters. The van der Waals surface area contributed by atoms with Crippen molar-refractivity contribution in [2.24, 2.45) is 17.6 Å². The second kappa shape index (κ2) is 8.30. The molecule has 148 valence electrons. The lowest BCUT2D eigenvalue weighted by atomic mass is 9.82.